The number of hydroxylamine groups is 2. The van der Waals surface area contributed by atoms with Gasteiger partial charge in [-0.1, -0.05) is 6.92 Å². The van der Waals surface area contributed by atoms with Crippen molar-refractivity contribution in [2.24, 2.45) is 0 Å². The van der Waals surface area contributed by atoms with Crippen molar-refractivity contribution in [1.82, 2.24) is 5.06 Å². The molecule has 0 fully saturated rings. The average molecular weight is 130 g/mol. The number of amides is 1. The molecule has 0 unspecified atom stereocenters. The van der Waals surface area contributed by atoms with Crippen molar-refractivity contribution in [1.29, 1.82) is 0 Å². The Hall–Kier alpha value is -0.570. The van der Waals surface area contributed by atoms with Crippen LogP contribution >= 0.6 is 0 Å². The lowest BCUT2D eigenvalue weighted by Gasteiger charge is -2.11. The van der Waals surface area contributed by atoms with Gasteiger partial charge < -0.3 is 0 Å². The Morgan fingerprint density at radius 2 is 2.22 bits per heavy atom. The molecule has 9 heavy (non-hydrogen) atoms. The van der Waals surface area contributed by atoms with Crippen molar-refractivity contribution in [3.05, 3.63) is 0 Å². The van der Waals surface area contributed by atoms with Gasteiger partial charge >= 0.3 is 6.41 Å². The first-order valence-corrected chi connectivity index (χ1v) is 3.13. The molecule has 0 bridgehead atoms. The second kappa shape index (κ2) is 5.56. The third kappa shape index (κ3) is 3.97. The molecule has 1 radical (unpaired) electrons. The van der Waals surface area contributed by atoms with Gasteiger partial charge in [0.15, 0.2) is 0 Å². The molecule has 1 amide bonds. The highest BCUT2D eigenvalue weighted by Gasteiger charge is 1.95. The van der Waals surface area contributed by atoms with Gasteiger partial charge in [-0.2, -0.15) is 0 Å². The molecule has 0 aliphatic carbocycles. The third-order valence-corrected chi connectivity index (χ3v) is 0.840. The minimum absolute atomic E-state index is 0.559. The molecule has 0 aromatic rings. The Labute approximate surface area is 55.6 Å². The summed E-state index contributed by atoms with van der Waals surface area (Å²) in [6.45, 7) is 4.96. The molecular formula is C6H12NO2. The molecule has 0 heterocycles. The fourth-order valence-electron chi connectivity index (χ4n) is 0.384. The van der Waals surface area contributed by atoms with Crippen LogP contribution in [0.3, 0.4) is 0 Å². The summed E-state index contributed by atoms with van der Waals surface area (Å²) in [6.07, 6.45) is 2.56. The third-order valence-electron chi connectivity index (χ3n) is 0.840. The quantitative estimate of drug-likeness (QED) is 0.405. The van der Waals surface area contributed by atoms with Crippen LogP contribution in [0, 0.1) is 0 Å². The summed E-state index contributed by atoms with van der Waals surface area (Å²) in [5.41, 5.74) is 0. The normalized spacial score (nSPS) is 9.11. The van der Waals surface area contributed by atoms with E-state index in [4.69, 9.17) is 4.84 Å². The van der Waals surface area contributed by atoms with E-state index in [0.29, 0.717) is 13.2 Å². The van der Waals surface area contributed by atoms with Crippen LogP contribution in [-0.4, -0.2) is 24.6 Å². The van der Waals surface area contributed by atoms with E-state index < -0.39 is 0 Å². The highest BCUT2D eigenvalue weighted by Crippen LogP contribution is 1.85. The molecule has 0 saturated carbocycles. The van der Waals surface area contributed by atoms with Crippen LogP contribution < -0.4 is 0 Å². The Morgan fingerprint density at radius 3 is 2.56 bits per heavy atom. The number of hydrogen-bond donors (Lipinski definition) is 0. The van der Waals surface area contributed by atoms with Crippen molar-refractivity contribution < 1.29 is 9.63 Å². The zero-order valence-corrected chi connectivity index (χ0v) is 5.89. The highest BCUT2D eigenvalue weighted by atomic mass is 16.7. The average Bonchev–Trinajstić information content (AvgIpc) is 1.91. The molecule has 0 saturated heterocycles. The molecule has 0 aromatic carbocycles. The van der Waals surface area contributed by atoms with Gasteiger partial charge in [-0.15, -0.1) is 0 Å². The van der Waals surface area contributed by atoms with Crippen LogP contribution in [0.5, 0.6) is 0 Å². The van der Waals surface area contributed by atoms with Gasteiger partial charge in [-0.3, -0.25) is 9.63 Å². The van der Waals surface area contributed by atoms with Crippen molar-refractivity contribution in [2.75, 3.05) is 13.2 Å². The fraction of sp³-hybridized carbons (Fsp3) is 0.833. The summed E-state index contributed by atoms with van der Waals surface area (Å²) in [6, 6.07) is 0. The molecular weight excluding hydrogens is 118 g/mol. The molecule has 0 N–H and O–H groups in total. The van der Waals surface area contributed by atoms with E-state index in [0.717, 1.165) is 11.5 Å². The number of rotatable bonds is 5. The van der Waals surface area contributed by atoms with Crippen LogP contribution in [0.15, 0.2) is 0 Å². The molecule has 53 valence electrons. The molecule has 0 atom stereocenters. The van der Waals surface area contributed by atoms with Gasteiger partial charge in [0.25, 0.3) is 0 Å². The lowest BCUT2D eigenvalue weighted by Crippen LogP contribution is -2.21. The predicted molar refractivity (Wildman–Crippen MR) is 34.3 cm³/mol. The minimum Gasteiger partial charge on any atom is -0.271 e. The van der Waals surface area contributed by atoms with Crippen LogP contribution in [0.2, 0.25) is 0 Å². The van der Waals surface area contributed by atoms with Crippen molar-refractivity contribution in [2.45, 2.75) is 20.3 Å². The molecule has 0 aliphatic rings. The highest BCUT2D eigenvalue weighted by molar-refractivity contribution is 5.45. The Balaban J connectivity index is 3.20. The second-order valence-corrected chi connectivity index (χ2v) is 1.62. The van der Waals surface area contributed by atoms with Gasteiger partial charge in [0.05, 0.1) is 6.61 Å². The van der Waals surface area contributed by atoms with E-state index in [9.17, 15) is 4.79 Å². The monoisotopic (exact) mass is 130 g/mol. The van der Waals surface area contributed by atoms with Crippen LogP contribution in [0.25, 0.3) is 0 Å². The summed E-state index contributed by atoms with van der Waals surface area (Å²) >= 11 is 0. The predicted octanol–water partition coefficient (Wildman–Crippen LogP) is 0.717. The summed E-state index contributed by atoms with van der Waals surface area (Å²) < 4.78 is 0. The van der Waals surface area contributed by atoms with E-state index in [1.54, 1.807) is 6.41 Å². The zero-order chi connectivity index (χ0) is 7.11. The topological polar surface area (TPSA) is 29.5 Å². The van der Waals surface area contributed by atoms with Gasteiger partial charge in [0.2, 0.25) is 0 Å². The SMILES string of the molecule is CCCON([C]=O)CC. The Bertz CT molecular complexity index is 75.5. The van der Waals surface area contributed by atoms with Crippen molar-refractivity contribution in [3.8, 4) is 0 Å². The summed E-state index contributed by atoms with van der Waals surface area (Å²) in [5.74, 6) is 0. The van der Waals surface area contributed by atoms with Gasteiger partial charge in [0, 0.05) is 6.54 Å². The van der Waals surface area contributed by atoms with Gasteiger partial charge in [-0.05, 0) is 13.3 Å². The molecule has 0 spiro atoms. The molecule has 0 rings (SSSR count). The maximum atomic E-state index is 9.92. The molecule has 0 aliphatic heterocycles. The number of nitrogens with zero attached hydrogens (tertiary/aromatic N) is 1. The van der Waals surface area contributed by atoms with Gasteiger partial charge in [0.1, 0.15) is 0 Å². The smallest absolute Gasteiger partial charge is 0.271 e. The minimum atomic E-state index is 0.559. The van der Waals surface area contributed by atoms with E-state index in [2.05, 4.69) is 0 Å². The summed E-state index contributed by atoms with van der Waals surface area (Å²) in [5, 5.41) is 1.16. The number of carbonyl (C=O) groups excluding carboxylic acids is 1. The summed E-state index contributed by atoms with van der Waals surface area (Å²) in [4.78, 5) is 14.8. The maximum absolute atomic E-state index is 9.92. The molecule has 3 heteroatoms. The van der Waals surface area contributed by atoms with E-state index in [-0.39, 0.29) is 0 Å². The lowest BCUT2D eigenvalue weighted by atomic mass is 10.5. The van der Waals surface area contributed by atoms with Crippen LogP contribution in [0.1, 0.15) is 20.3 Å². The summed E-state index contributed by atoms with van der Waals surface area (Å²) in [7, 11) is 0. The van der Waals surface area contributed by atoms with Crippen molar-refractivity contribution in [3.63, 3.8) is 0 Å². The fourth-order valence-corrected chi connectivity index (χ4v) is 0.384. The Morgan fingerprint density at radius 1 is 1.56 bits per heavy atom. The van der Waals surface area contributed by atoms with Gasteiger partial charge in [-0.25, -0.2) is 5.06 Å². The lowest BCUT2D eigenvalue weighted by molar-refractivity contribution is -0.0964. The van der Waals surface area contributed by atoms with Crippen LogP contribution in [0.4, 0.5) is 0 Å². The Kier molecular flexibility index (Phi) is 5.21. The first-order chi connectivity index (χ1) is 4.35. The molecule has 0 aromatic heterocycles. The maximum Gasteiger partial charge on any atom is 0.337 e. The van der Waals surface area contributed by atoms with E-state index >= 15 is 0 Å². The van der Waals surface area contributed by atoms with Crippen molar-refractivity contribution >= 4 is 6.41 Å². The standard InChI is InChI=1S/C6H12NO2/c1-3-5-9-7(4-2)6-8/h3-5H2,1-2H3. The number of hydrogen-bond acceptors (Lipinski definition) is 2. The zero-order valence-electron chi connectivity index (χ0n) is 5.89. The van der Waals surface area contributed by atoms with E-state index in [1.807, 2.05) is 13.8 Å². The first kappa shape index (κ1) is 8.43. The molecule has 3 nitrogen and oxygen atoms in total. The second-order valence-electron chi connectivity index (χ2n) is 1.62. The largest absolute Gasteiger partial charge is 0.337 e. The first-order valence-electron chi connectivity index (χ1n) is 3.13. The van der Waals surface area contributed by atoms with Crippen LogP contribution in [-0.2, 0) is 9.63 Å². The van der Waals surface area contributed by atoms with E-state index in [1.165, 1.54) is 0 Å².